The third kappa shape index (κ3) is 4.55. The van der Waals surface area contributed by atoms with Crippen molar-refractivity contribution in [2.45, 2.75) is 57.6 Å². The van der Waals surface area contributed by atoms with Crippen LogP contribution in [0.1, 0.15) is 43.9 Å². The van der Waals surface area contributed by atoms with Crippen LogP contribution in [0.3, 0.4) is 0 Å². The highest BCUT2D eigenvalue weighted by atomic mass is 79.9. The fourth-order valence-corrected chi connectivity index (χ4v) is 4.63. The van der Waals surface area contributed by atoms with Gasteiger partial charge in [-0.05, 0) is 60.2 Å². The Morgan fingerprint density at radius 1 is 1.37 bits per heavy atom. The summed E-state index contributed by atoms with van der Waals surface area (Å²) in [4.78, 5) is 1.35. The lowest BCUT2D eigenvalue weighted by molar-refractivity contribution is -0.00898. The maximum atomic E-state index is 6.44. The molecule has 0 spiro atoms. The summed E-state index contributed by atoms with van der Waals surface area (Å²) in [6.07, 6.45) is 7.78. The van der Waals surface area contributed by atoms with Crippen molar-refractivity contribution in [1.29, 1.82) is 0 Å². The number of halogens is 1. The second kappa shape index (κ2) is 7.77. The molecule has 19 heavy (non-hydrogen) atoms. The van der Waals surface area contributed by atoms with Gasteiger partial charge in [0, 0.05) is 17.5 Å². The third-order valence-electron chi connectivity index (χ3n) is 3.96. The summed E-state index contributed by atoms with van der Waals surface area (Å²) >= 11 is 5.29. The molecule has 0 saturated heterocycles. The van der Waals surface area contributed by atoms with Gasteiger partial charge >= 0.3 is 0 Å². The van der Waals surface area contributed by atoms with Crippen molar-refractivity contribution in [3.8, 4) is 0 Å². The molecule has 0 aromatic carbocycles. The Bertz CT molecular complexity index is 376. The minimum Gasteiger partial charge on any atom is -0.377 e. The maximum Gasteiger partial charge on any atom is 0.0757 e. The molecule has 2 nitrogen and oxygen atoms in total. The summed E-state index contributed by atoms with van der Waals surface area (Å²) in [5.41, 5.74) is 6.44. The largest absolute Gasteiger partial charge is 0.377 e. The first-order valence-electron chi connectivity index (χ1n) is 7.32. The van der Waals surface area contributed by atoms with Crippen molar-refractivity contribution in [1.82, 2.24) is 0 Å². The van der Waals surface area contributed by atoms with Crippen LogP contribution < -0.4 is 5.73 Å². The zero-order valence-electron chi connectivity index (χ0n) is 11.6. The molecular weight excluding hydrogens is 322 g/mol. The smallest absolute Gasteiger partial charge is 0.0757 e. The SMILES string of the molecule is CCOC(C(N)Cc1ccc(Br)s1)C1CCCCC1. The fourth-order valence-electron chi connectivity index (χ4n) is 3.07. The van der Waals surface area contributed by atoms with Crippen molar-refractivity contribution in [3.05, 3.63) is 20.8 Å². The van der Waals surface area contributed by atoms with Gasteiger partial charge in [0.05, 0.1) is 9.89 Å². The summed E-state index contributed by atoms with van der Waals surface area (Å²) < 4.78 is 7.17. The molecule has 1 saturated carbocycles. The number of hydrogen-bond acceptors (Lipinski definition) is 3. The average Bonchev–Trinajstić information content (AvgIpc) is 2.82. The van der Waals surface area contributed by atoms with Crippen molar-refractivity contribution in [3.63, 3.8) is 0 Å². The molecule has 1 heterocycles. The van der Waals surface area contributed by atoms with Gasteiger partial charge in [0.25, 0.3) is 0 Å². The molecular formula is C15H24BrNOS. The van der Waals surface area contributed by atoms with Crippen LogP contribution in [0.15, 0.2) is 15.9 Å². The number of thiophene rings is 1. The molecule has 1 aromatic heterocycles. The molecule has 2 rings (SSSR count). The minimum atomic E-state index is 0.119. The lowest BCUT2D eigenvalue weighted by Gasteiger charge is -2.33. The summed E-state index contributed by atoms with van der Waals surface area (Å²) in [7, 11) is 0. The van der Waals surface area contributed by atoms with Gasteiger partial charge in [-0.25, -0.2) is 0 Å². The van der Waals surface area contributed by atoms with E-state index in [9.17, 15) is 0 Å². The molecule has 0 amide bonds. The Hall–Kier alpha value is 0.1000. The highest BCUT2D eigenvalue weighted by Crippen LogP contribution is 2.31. The monoisotopic (exact) mass is 345 g/mol. The van der Waals surface area contributed by atoms with Gasteiger partial charge in [-0.3, -0.25) is 0 Å². The van der Waals surface area contributed by atoms with Crippen molar-refractivity contribution in [2.75, 3.05) is 6.61 Å². The predicted molar refractivity (Wildman–Crippen MR) is 85.7 cm³/mol. The van der Waals surface area contributed by atoms with Gasteiger partial charge in [0.2, 0.25) is 0 Å². The van der Waals surface area contributed by atoms with Crippen molar-refractivity contribution < 1.29 is 4.74 Å². The topological polar surface area (TPSA) is 35.2 Å². The van der Waals surface area contributed by atoms with E-state index < -0.39 is 0 Å². The predicted octanol–water partition coefficient (Wildman–Crippen LogP) is 4.37. The first kappa shape index (κ1) is 15.5. The van der Waals surface area contributed by atoms with Gasteiger partial charge in [-0.1, -0.05) is 19.3 Å². The Morgan fingerprint density at radius 2 is 2.11 bits per heavy atom. The first-order valence-corrected chi connectivity index (χ1v) is 8.93. The van der Waals surface area contributed by atoms with E-state index >= 15 is 0 Å². The van der Waals surface area contributed by atoms with E-state index in [0.717, 1.165) is 13.0 Å². The molecule has 4 heteroatoms. The van der Waals surface area contributed by atoms with Crippen LogP contribution in [0.4, 0.5) is 0 Å². The summed E-state index contributed by atoms with van der Waals surface area (Å²) in [5.74, 6) is 0.659. The lowest BCUT2D eigenvalue weighted by atomic mass is 9.82. The van der Waals surface area contributed by atoms with E-state index in [1.54, 1.807) is 11.3 Å². The van der Waals surface area contributed by atoms with Gasteiger partial charge in [-0.15, -0.1) is 11.3 Å². The molecule has 1 fully saturated rings. The van der Waals surface area contributed by atoms with Crippen LogP contribution in [0, 0.1) is 5.92 Å². The van der Waals surface area contributed by atoms with Gasteiger partial charge in [-0.2, -0.15) is 0 Å². The highest BCUT2D eigenvalue weighted by molar-refractivity contribution is 9.11. The molecule has 0 radical (unpaired) electrons. The number of nitrogens with two attached hydrogens (primary N) is 1. The highest BCUT2D eigenvalue weighted by Gasteiger charge is 2.29. The van der Waals surface area contributed by atoms with E-state index in [1.807, 2.05) is 0 Å². The van der Waals surface area contributed by atoms with E-state index in [0.29, 0.717) is 5.92 Å². The third-order valence-corrected chi connectivity index (χ3v) is 5.61. The second-order valence-electron chi connectivity index (χ2n) is 5.39. The minimum absolute atomic E-state index is 0.119. The second-order valence-corrected chi connectivity index (χ2v) is 7.94. The first-order chi connectivity index (χ1) is 9.20. The van der Waals surface area contributed by atoms with Crippen molar-refractivity contribution in [2.24, 2.45) is 11.7 Å². The normalized spacial score (nSPS) is 20.4. The Kier molecular flexibility index (Phi) is 6.33. The number of hydrogen-bond donors (Lipinski definition) is 1. The number of ether oxygens (including phenoxy) is 1. The molecule has 2 unspecified atom stereocenters. The Labute approximate surface area is 128 Å². The molecule has 0 bridgehead atoms. The molecule has 1 aliphatic carbocycles. The van der Waals surface area contributed by atoms with E-state index in [4.69, 9.17) is 10.5 Å². The van der Waals surface area contributed by atoms with E-state index in [2.05, 4.69) is 35.0 Å². The van der Waals surface area contributed by atoms with Crippen LogP contribution in [0.25, 0.3) is 0 Å². The van der Waals surface area contributed by atoms with Gasteiger partial charge in [0.1, 0.15) is 0 Å². The fraction of sp³-hybridized carbons (Fsp3) is 0.733. The zero-order valence-corrected chi connectivity index (χ0v) is 14.0. The molecule has 2 N–H and O–H groups in total. The van der Waals surface area contributed by atoms with E-state index in [1.165, 1.54) is 40.8 Å². The molecule has 108 valence electrons. The average molecular weight is 346 g/mol. The Morgan fingerprint density at radius 3 is 2.68 bits per heavy atom. The molecule has 2 atom stereocenters. The van der Waals surface area contributed by atoms with Crippen LogP contribution in [0.2, 0.25) is 0 Å². The van der Waals surface area contributed by atoms with Gasteiger partial charge < -0.3 is 10.5 Å². The molecule has 1 aromatic rings. The van der Waals surface area contributed by atoms with Crippen LogP contribution >= 0.6 is 27.3 Å². The lowest BCUT2D eigenvalue weighted by Crippen LogP contribution is -2.44. The van der Waals surface area contributed by atoms with Crippen molar-refractivity contribution >= 4 is 27.3 Å². The molecule has 0 aliphatic heterocycles. The van der Waals surface area contributed by atoms with Gasteiger partial charge in [0.15, 0.2) is 0 Å². The standard InChI is InChI=1S/C15H24BrNOS/c1-2-18-15(11-6-4-3-5-7-11)13(17)10-12-8-9-14(16)19-12/h8-9,11,13,15H,2-7,10,17H2,1H3. The summed E-state index contributed by atoms with van der Waals surface area (Å²) in [6, 6.07) is 4.38. The maximum absolute atomic E-state index is 6.44. The summed E-state index contributed by atoms with van der Waals surface area (Å²) in [5, 5.41) is 0. The zero-order chi connectivity index (χ0) is 13.7. The summed E-state index contributed by atoms with van der Waals surface area (Å²) in [6.45, 7) is 2.84. The quantitative estimate of drug-likeness (QED) is 0.830. The molecule has 1 aliphatic rings. The number of rotatable bonds is 6. The Balaban J connectivity index is 1.96. The van der Waals surface area contributed by atoms with E-state index in [-0.39, 0.29) is 12.1 Å². The van der Waals surface area contributed by atoms with Crippen LogP contribution in [-0.2, 0) is 11.2 Å². The van der Waals surface area contributed by atoms with Crippen LogP contribution in [0.5, 0.6) is 0 Å². The van der Waals surface area contributed by atoms with Crippen LogP contribution in [-0.4, -0.2) is 18.8 Å².